The van der Waals surface area contributed by atoms with Crippen molar-refractivity contribution in [2.75, 3.05) is 6.61 Å². The van der Waals surface area contributed by atoms with E-state index in [2.05, 4.69) is 4.74 Å². The summed E-state index contributed by atoms with van der Waals surface area (Å²) >= 11 is 4.98. The van der Waals surface area contributed by atoms with Gasteiger partial charge in [0.2, 0.25) is 0 Å². The van der Waals surface area contributed by atoms with E-state index in [1.54, 1.807) is 11.3 Å². The van der Waals surface area contributed by atoms with Gasteiger partial charge in [-0.2, -0.15) is 8.78 Å². The SMILES string of the molecule is FC(F)(C#CCl)OCCCCCCCCCCCCCCCCCC1CCCCCCC1. The molecule has 1 aliphatic carbocycles. The highest BCUT2D eigenvalue weighted by Gasteiger charge is 2.26. The number of hydrogen-bond donors (Lipinski definition) is 0. The highest BCUT2D eigenvalue weighted by atomic mass is 35.5. The Morgan fingerprint density at radius 1 is 0.625 bits per heavy atom. The lowest BCUT2D eigenvalue weighted by Gasteiger charge is -2.19. The standard InChI is InChI=1S/C28H49ClF2O/c29-25-24-28(30,31)32-26-20-16-11-9-7-5-3-1-2-4-6-8-10-13-17-21-27-22-18-14-12-15-19-23-27/h27H,1-23,26H2. The maximum atomic E-state index is 12.9. The molecule has 1 saturated carbocycles. The van der Waals surface area contributed by atoms with Crippen LogP contribution in [0.25, 0.3) is 0 Å². The number of halogens is 3. The minimum atomic E-state index is -3.41. The fourth-order valence-electron chi connectivity index (χ4n) is 4.95. The molecule has 0 atom stereocenters. The normalized spacial score (nSPS) is 15.7. The Kier molecular flexibility index (Phi) is 19.7. The molecule has 0 heterocycles. The predicted molar refractivity (Wildman–Crippen MR) is 134 cm³/mol. The summed E-state index contributed by atoms with van der Waals surface area (Å²) in [5.74, 6) is 2.59. The fourth-order valence-corrected chi connectivity index (χ4v) is 5.06. The van der Waals surface area contributed by atoms with Crippen molar-refractivity contribution < 1.29 is 13.5 Å². The molecule has 0 unspecified atom stereocenters. The van der Waals surface area contributed by atoms with E-state index in [-0.39, 0.29) is 6.61 Å². The van der Waals surface area contributed by atoms with Crippen LogP contribution in [0.1, 0.15) is 148 Å². The third kappa shape index (κ3) is 19.2. The molecule has 1 fully saturated rings. The molecule has 188 valence electrons. The van der Waals surface area contributed by atoms with Gasteiger partial charge in [0.1, 0.15) is 0 Å². The second kappa shape index (κ2) is 21.2. The molecule has 4 heteroatoms. The fraction of sp³-hybridized carbons (Fsp3) is 0.929. The first-order chi connectivity index (χ1) is 15.6. The molecule has 0 radical (unpaired) electrons. The van der Waals surface area contributed by atoms with Crippen LogP contribution in [0.3, 0.4) is 0 Å². The van der Waals surface area contributed by atoms with E-state index >= 15 is 0 Å². The van der Waals surface area contributed by atoms with Gasteiger partial charge in [-0.25, -0.2) is 0 Å². The summed E-state index contributed by atoms with van der Waals surface area (Å²) in [6.07, 6.45) is 27.6. The van der Waals surface area contributed by atoms with Crippen LogP contribution in [-0.2, 0) is 4.74 Å². The van der Waals surface area contributed by atoms with Gasteiger partial charge in [-0.15, -0.1) is 0 Å². The largest absolute Gasteiger partial charge is 0.424 e. The molecule has 0 saturated heterocycles. The first-order valence-electron chi connectivity index (χ1n) is 13.8. The van der Waals surface area contributed by atoms with Crippen LogP contribution in [0.4, 0.5) is 8.78 Å². The number of unbranched alkanes of at least 4 members (excludes halogenated alkanes) is 14. The van der Waals surface area contributed by atoms with Crippen LogP contribution in [0.15, 0.2) is 0 Å². The Hall–Kier alpha value is -0.330. The van der Waals surface area contributed by atoms with Crippen molar-refractivity contribution in [3.8, 4) is 11.3 Å². The Labute approximate surface area is 202 Å². The number of alkyl halides is 2. The lowest BCUT2D eigenvalue weighted by Crippen LogP contribution is -2.18. The van der Waals surface area contributed by atoms with Crippen LogP contribution in [0, 0.1) is 17.2 Å². The molecule has 0 aromatic heterocycles. The molecule has 0 bridgehead atoms. The lowest BCUT2D eigenvalue weighted by atomic mass is 9.87. The smallest absolute Gasteiger partial charge is 0.310 e. The van der Waals surface area contributed by atoms with Crippen molar-refractivity contribution in [2.24, 2.45) is 5.92 Å². The molecule has 1 rings (SSSR count). The van der Waals surface area contributed by atoms with Gasteiger partial charge in [0, 0.05) is 11.3 Å². The number of hydrogen-bond acceptors (Lipinski definition) is 1. The minimum absolute atomic E-state index is 0.0408. The molecule has 1 nitrogen and oxygen atoms in total. The van der Waals surface area contributed by atoms with Crippen LogP contribution in [-0.4, -0.2) is 12.7 Å². The van der Waals surface area contributed by atoms with Gasteiger partial charge in [0.05, 0.1) is 6.61 Å². The monoisotopic (exact) mass is 474 g/mol. The van der Waals surface area contributed by atoms with E-state index in [1.165, 1.54) is 128 Å². The van der Waals surface area contributed by atoms with Crippen molar-refractivity contribution in [1.29, 1.82) is 0 Å². The summed E-state index contributed by atoms with van der Waals surface area (Å²) in [5, 5.41) is 1.68. The first kappa shape index (κ1) is 29.7. The van der Waals surface area contributed by atoms with Crippen LogP contribution < -0.4 is 0 Å². The number of rotatable bonds is 19. The van der Waals surface area contributed by atoms with E-state index in [4.69, 9.17) is 11.6 Å². The zero-order chi connectivity index (χ0) is 23.2. The lowest BCUT2D eigenvalue weighted by molar-refractivity contribution is -0.192. The van der Waals surface area contributed by atoms with E-state index in [0.29, 0.717) is 6.42 Å². The van der Waals surface area contributed by atoms with Gasteiger partial charge >= 0.3 is 6.11 Å². The molecular weight excluding hydrogens is 426 g/mol. The summed E-state index contributed by atoms with van der Waals surface area (Å²) in [7, 11) is 0. The second-order valence-corrected chi connectivity index (χ2v) is 10.1. The maximum Gasteiger partial charge on any atom is 0.424 e. The molecular formula is C28H49ClF2O. The van der Waals surface area contributed by atoms with Gasteiger partial charge in [0.25, 0.3) is 0 Å². The molecule has 0 aliphatic heterocycles. The van der Waals surface area contributed by atoms with Gasteiger partial charge in [0.15, 0.2) is 0 Å². The van der Waals surface area contributed by atoms with Crippen LogP contribution in [0.2, 0.25) is 0 Å². The molecule has 0 aromatic carbocycles. The topological polar surface area (TPSA) is 9.23 Å². The molecule has 0 N–H and O–H groups in total. The molecule has 32 heavy (non-hydrogen) atoms. The Morgan fingerprint density at radius 3 is 1.50 bits per heavy atom. The Morgan fingerprint density at radius 2 is 1.03 bits per heavy atom. The van der Waals surface area contributed by atoms with Gasteiger partial charge in [-0.1, -0.05) is 141 Å². The van der Waals surface area contributed by atoms with Crippen molar-refractivity contribution in [3.63, 3.8) is 0 Å². The second-order valence-electron chi connectivity index (χ2n) is 9.89. The predicted octanol–water partition coefficient (Wildman–Crippen LogP) is 10.4. The zero-order valence-corrected chi connectivity index (χ0v) is 21.3. The van der Waals surface area contributed by atoms with Crippen molar-refractivity contribution in [1.82, 2.24) is 0 Å². The number of ether oxygens (including phenoxy) is 1. The minimum Gasteiger partial charge on any atom is -0.310 e. The molecule has 1 aliphatic rings. The van der Waals surface area contributed by atoms with Gasteiger partial charge in [-0.3, -0.25) is 0 Å². The van der Waals surface area contributed by atoms with Crippen molar-refractivity contribution in [3.05, 3.63) is 0 Å². The van der Waals surface area contributed by atoms with Crippen molar-refractivity contribution in [2.45, 2.75) is 154 Å². The summed E-state index contributed by atoms with van der Waals surface area (Å²) in [5.41, 5.74) is 0. The van der Waals surface area contributed by atoms with Crippen molar-refractivity contribution >= 4 is 11.6 Å². The third-order valence-corrected chi connectivity index (χ3v) is 7.05. The highest BCUT2D eigenvalue weighted by molar-refractivity contribution is 6.30. The Balaban J connectivity index is 1.73. The van der Waals surface area contributed by atoms with E-state index in [0.717, 1.165) is 18.8 Å². The average Bonchev–Trinajstić information content (AvgIpc) is 2.74. The average molecular weight is 475 g/mol. The first-order valence-corrected chi connectivity index (χ1v) is 14.2. The van der Waals surface area contributed by atoms with Crippen LogP contribution in [0.5, 0.6) is 0 Å². The quantitative estimate of drug-likeness (QED) is 0.133. The molecule has 0 aromatic rings. The highest BCUT2D eigenvalue weighted by Crippen LogP contribution is 2.26. The van der Waals surface area contributed by atoms with E-state index in [1.807, 2.05) is 0 Å². The third-order valence-electron chi connectivity index (χ3n) is 6.96. The van der Waals surface area contributed by atoms with E-state index in [9.17, 15) is 8.78 Å². The Bertz CT molecular complexity index is 464. The van der Waals surface area contributed by atoms with Gasteiger partial charge in [-0.05, 0) is 23.9 Å². The van der Waals surface area contributed by atoms with E-state index < -0.39 is 6.11 Å². The summed E-state index contributed by atoms with van der Waals surface area (Å²) < 4.78 is 30.3. The maximum absolute atomic E-state index is 12.9. The van der Waals surface area contributed by atoms with Gasteiger partial charge < -0.3 is 4.74 Å². The van der Waals surface area contributed by atoms with Crippen LogP contribution >= 0.6 is 11.6 Å². The summed E-state index contributed by atoms with van der Waals surface area (Å²) in [6, 6.07) is 0. The zero-order valence-electron chi connectivity index (χ0n) is 20.6. The molecule has 0 spiro atoms. The molecule has 0 amide bonds. The summed E-state index contributed by atoms with van der Waals surface area (Å²) in [4.78, 5) is 0. The summed E-state index contributed by atoms with van der Waals surface area (Å²) in [6.45, 7) is 0.0408.